The highest BCUT2D eigenvalue weighted by Crippen LogP contribution is 2.14. The smallest absolute Gasteiger partial charge is 0.259 e. The third-order valence-corrected chi connectivity index (χ3v) is 2.72. The summed E-state index contributed by atoms with van der Waals surface area (Å²) in [6.07, 6.45) is 1.50. The maximum Gasteiger partial charge on any atom is 0.259 e. The first-order chi connectivity index (χ1) is 8.06. The summed E-state index contributed by atoms with van der Waals surface area (Å²) in [6, 6.07) is 6.83. The van der Waals surface area contributed by atoms with Gasteiger partial charge in [-0.05, 0) is 23.8 Å². The molecule has 0 radical (unpaired) electrons. The van der Waals surface area contributed by atoms with Crippen molar-refractivity contribution in [1.82, 2.24) is 10.6 Å². The monoisotopic (exact) mass is 268 g/mol. The van der Waals surface area contributed by atoms with E-state index in [9.17, 15) is 9.59 Å². The average Bonchev–Trinajstić information content (AvgIpc) is 2.26. The van der Waals surface area contributed by atoms with Crippen LogP contribution in [0.15, 0.2) is 29.8 Å². The van der Waals surface area contributed by atoms with Crippen molar-refractivity contribution in [2.24, 2.45) is 0 Å². The summed E-state index contributed by atoms with van der Waals surface area (Å²) in [5, 5.41) is 5.58. The number of carbonyl (C=O) groups excluding carboxylic acids is 2. The Bertz CT molecular complexity index is 479. The van der Waals surface area contributed by atoms with Crippen molar-refractivity contribution < 1.29 is 9.59 Å². The molecule has 2 N–H and O–H groups in total. The van der Waals surface area contributed by atoms with E-state index >= 15 is 0 Å². The maximum absolute atomic E-state index is 11.6. The molecule has 0 aromatic heterocycles. The topological polar surface area (TPSA) is 58.2 Å². The summed E-state index contributed by atoms with van der Waals surface area (Å²) in [5.74, 6) is -0.882. The quantitative estimate of drug-likeness (QED) is 0.407. The van der Waals surface area contributed by atoms with Crippen molar-refractivity contribution in [2.75, 3.05) is 0 Å². The maximum atomic E-state index is 11.6. The third kappa shape index (κ3) is 2.81. The Kier molecular flexibility index (Phi) is 3.40. The lowest BCUT2D eigenvalue weighted by Crippen LogP contribution is -2.52. The van der Waals surface area contributed by atoms with Crippen molar-refractivity contribution in [3.05, 3.63) is 40.4 Å². The zero-order chi connectivity index (χ0) is 12.4. The molecular formula is C11H9ClN2O2S. The molecule has 1 heterocycles. The summed E-state index contributed by atoms with van der Waals surface area (Å²) in [7, 11) is 0. The molecule has 0 bridgehead atoms. The average molecular weight is 269 g/mol. The number of nitrogens with one attached hydrogen (secondary N) is 2. The highest BCUT2D eigenvalue weighted by molar-refractivity contribution is 7.80. The van der Waals surface area contributed by atoms with Crippen LogP contribution in [0.1, 0.15) is 5.56 Å². The van der Waals surface area contributed by atoms with Crippen molar-refractivity contribution >= 4 is 42.1 Å². The normalized spacial score (nSPS) is 19.6. The summed E-state index contributed by atoms with van der Waals surface area (Å²) in [4.78, 5) is 23.1. The molecule has 1 aromatic carbocycles. The lowest BCUT2D eigenvalue weighted by molar-refractivity contribution is -0.126. The van der Waals surface area contributed by atoms with Gasteiger partial charge in [0, 0.05) is 5.02 Å². The van der Waals surface area contributed by atoms with Gasteiger partial charge < -0.3 is 10.6 Å². The summed E-state index contributed by atoms with van der Waals surface area (Å²) in [5.41, 5.74) is 0.141. The Balaban J connectivity index is 2.29. The molecule has 0 atom stereocenters. The van der Waals surface area contributed by atoms with Crippen LogP contribution in [-0.2, 0) is 9.59 Å². The van der Waals surface area contributed by atoms with Gasteiger partial charge in [0.15, 0.2) is 0 Å². The first-order valence-corrected chi connectivity index (χ1v) is 5.73. The minimum atomic E-state index is -0.641. The zero-order valence-corrected chi connectivity index (χ0v) is 10.3. The molecule has 6 heteroatoms. The molecule has 1 saturated heterocycles. The van der Waals surface area contributed by atoms with Crippen LogP contribution in [0.2, 0.25) is 5.02 Å². The van der Waals surface area contributed by atoms with Gasteiger partial charge in [-0.3, -0.25) is 9.59 Å². The van der Waals surface area contributed by atoms with E-state index in [0.29, 0.717) is 5.02 Å². The fourth-order valence-electron chi connectivity index (χ4n) is 1.40. The van der Waals surface area contributed by atoms with Gasteiger partial charge in [-0.25, -0.2) is 0 Å². The van der Waals surface area contributed by atoms with Crippen molar-refractivity contribution in [1.29, 1.82) is 0 Å². The van der Waals surface area contributed by atoms with Crippen LogP contribution in [0.5, 0.6) is 0 Å². The molecule has 0 unspecified atom stereocenters. The van der Waals surface area contributed by atoms with Crippen LogP contribution in [-0.4, -0.2) is 17.3 Å². The number of benzene rings is 1. The van der Waals surface area contributed by atoms with Crippen LogP contribution < -0.4 is 10.6 Å². The fourth-order valence-corrected chi connectivity index (χ4v) is 1.76. The van der Waals surface area contributed by atoms with Crippen LogP contribution in [0, 0.1) is 0 Å². The molecule has 0 spiro atoms. The number of hydrogen-bond donors (Lipinski definition) is 3. The standard InChI is InChI=1S/C11H9ClN2O2S/c12-7-3-1-6(2-4-7)5-8-9(15)13-11(17)14-10(8)16/h1-5,11,17H,(H,13,15)(H,14,16). The van der Waals surface area contributed by atoms with Gasteiger partial charge in [0.25, 0.3) is 11.8 Å². The van der Waals surface area contributed by atoms with E-state index in [2.05, 4.69) is 23.3 Å². The molecule has 1 aromatic rings. The van der Waals surface area contributed by atoms with Gasteiger partial charge in [-0.15, -0.1) is 12.6 Å². The van der Waals surface area contributed by atoms with E-state index in [-0.39, 0.29) is 5.57 Å². The minimum absolute atomic E-state index is 0.0534. The van der Waals surface area contributed by atoms with Crippen LogP contribution in [0.3, 0.4) is 0 Å². The van der Waals surface area contributed by atoms with Gasteiger partial charge >= 0.3 is 0 Å². The fraction of sp³-hybridized carbons (Fsp3) is 0.0909. The van der Waals surface area contributed by atoms with Crippen LogP contribution >= 0.6 is 24.2 Å². The minimum Gasteiger partial charge on any atom is -0.323 e. The Hall–Kier alpha value is -1.46. The second-order valence-corrected chi connectivity index (χ2v) is 4.41. The van der Waals surface area contributed by atoms with E-state index in [1.165, 1.54) is 6.08 Å². The van der Waals surface area contributed by atoms with E-state index in [0.717, 1.165) is 5.56 Å². The number of halogens is 1. The molecule has 0 saturated carbocycles. The lowest BCUT2D eigenvalue weighted by atomic mass is 10.1. The van der Waals surface area contributed by atoms with Gasteiger partial charge in [0.1, 0.15) is 11.1 Å². The van der Waals surface area contributed by atoms with Crippen LogP contribution in [0.4, 0.5) is 0 Å². The molecule has 1 aliphatic rings. The van der Waals surface area contributed by atoms with Crippen molar-refractivity contribution in [3.8, 4) is 0 Å². The predicted molar refractivity (Wildman–Crippen MR) is 68.5 cm³/mol. The molecule has 17 heavy (non-hydrogen) atoms. The summed E-state index contributed by atoms with van der Waals surface area (Å²) < 4.78 is 0. The van der Waals surface area contributed by atoms with Crippen LogP contribution in [0.25, 0.3) is 6.08 Å². The van der Waals surface area contributed by atoms with Gasteiger partial charge in [0.2, 0.25) is 0 Å². The second-order valence-electron chi connectivity index (χ2n) is 3.46. The third-order valence-electron chi connectivity index (χ3n) is 2.21. The Morgan fingerprint density at radius 2 is 1.65 bits per heavy atom. The highest BCUT2D eigenvalue weighted by Gasteiger charge is 2.26. The molecule has 88 valence electrons. The molecule has 2 rings (SSSR count). The van der Waals surface area contributed by atoms with Crippen molar-refractivity contribution in [2.45, 2.75) is 5.50 Å². The number of hydrogen-bond acceptors (Lipinski definition) is 3. The molecule has 4 nitrogen and oxygen atoms in total. The predicted octanol–water partition coefficient (Wildman–Crippen LogP) is 1.18. The number of carbonyl (C=O) groups is 2. The summed E-state index contributed by atoms with van der Waals surface area (Å²) in [6.45, 7) is 0. The Labute approximate surface area is 108 Å². The van der Waals surface area contributed by atoms with Crippen molar-refractivity contribution in [3.63, 3.8) is 0 Å². The zero-order valence-electron chi connectivity index (χ0n) is 8.61. The van der Waals surface area contributed by atoms with E-state index in [1.54, 1.807) is 24.3 Å². The highest BCUT2D eigenvalue weighted by atomic mass is 35.5. The molecule has 1 aliphatic heterocycles. The van der Waals surface area contributed by atoms with Gasteiger partial charge in [-0.1, -0.05) is 23.7 Å². The SMILES string of the molecule is O=C1NC(S)NC(=O)C1=Cc1ccc(Cl)cc1. The number of thiol groups is 1. The Morgan fingerprint density at radius 3 is 2.18 bits per heavy atom. The van der Waals surface area contributed by atoms with Gasteiger partial charge in [-0.2, -0.15) is 0 Å². The molecule has 0 aliphatic carbocycles. The first kappa shape index (κ1) is 12.0. The van der Waals surface area contributed by atoms with E-state index in [1.807, 2.05) is 0 Å². The second kappa shape index (κ2) is 4.81. The molecular weight excluding hydrogens is 260 g/mol. The number of amides is 2. The first-order valence-electron chi connectivity index (χ1n) is 4.83. The van der Waals surface area contributed by atoms with E-state index < -0.39 is 17.3 Å². The lowest BCUT2D eigenvalue weighted by Gasteiger charge is -2.21. The molecule has 1 fully saturated rings. The van der Waals surface area contributed by atoms with Gasteiger partial charge in [0.05, 0.1) is 0 Å². The van der Waals surface area contributed by atoms with E-state index in [4.69, 9.17) is 11.6 Å². The Morgan fingerprint density at radius 1 is 1.12 bits per heavy atom. The number of rotatable bonds is 1. The largest absolute Gasteiger partial charge is 0.323 e. The molecule has 2 amide bonds. The summed E-state index contributed by atoms with van der Waals surface area (Å²) >= 11 is 9.69.